The van der Waals surface area contributed by atoms with Crippen LogP contribution in [-0.2, 0) is 19.1 Å². The number of aryl methyl sites for hydroxylation is 1. The monoisotopic (exact) mass is 420 g/mol. The summed E-state index contributed by atoms with van der Waals surface area (Å²) in [6.07, 6.45) is -0.0128. The van der Waals surface area contributed by atoms with Gasteiger partial charge in [-0.05, 0) is 30.7 Å². The summed E-state index contributed by atoms with van der Waals surface area (Å²) in [5, 5.41) is 3.27. The zero-order valence-electron chi connectivity index (χ0n) is 15.1. The van der Waals surface area contributed by atoms with E-state index in [4.69, 9.17) is 27.9 Å². The molecule has 1 aliphatic rings. The zero-order valence-corrected chi connectivity index (χ0v) is 16.6. The van der Waals surface area contributed by atoms with Crippen LogP contribution in [0.15, 0.2) is 42.5 Å². The van der Waals surface area contributed by atoms with Crippen LogP contribution in [0.5, 0.6) is 0 Å². The Labute approximate surface area is 172 Å². The zero-order chi connectivity index (χ0) is 20.3. The number of rotatable bonds is 5. The van der Waals surface area contributed by atoms with Gasteiger partial charge < -0.3 is 15.0 Å². The van der Waals surface area contributed by atoms with Gasteiger partial charge in [0, 0.05) is 18.7 Å². The first-order chi connectivity index (χ1) is 13.4. The van der Waals surface area contributed by atoms with Gasteiger partial charge in [-0.1, -0.05) is 47.5 Å². The fourth-order valence-electron chi connectivity index (χ4n) is 2.95. The SMILES string of the molecule is Cc1ccccc1NC(=O)COC(=O)[C@H]1CC(=O)N(c2cccc(Cl)c2Cl)C1. The van der Waals surface area contributed by atoms with E-state index in [9.17, 15) is 14.4 Å². The fraction of sp³-hybridized carbons (Fsp3) is 0.250. The van der Waals surface area contributed by atoms with Gasteiger partial charge in [0.25, 0.3) is 5.91 Å². The highest BCUT2D eigenvalue weighted by Crippen LogP contribution is 2.35. The predicted octanol–water partition coefficient (Wildman–Crippen LogP) is 3.84. The van der Waals surface area contributed by atoms with E-state index in [0.29, 0.717) is 16.4 Å². The lowest BCUT2D eigenvalue weighted by Gasteiger charge is -2.18. The molecule has 2 aromatic rings. The third-order valence-electron chi connectivity index (χ3n) is 4.45. The number of nitrogens with zero attached hydrogens (tertiary/aromatic N) is 1. The van der Waals surface area contributed by atoms with Gasteiger partial charge in [-0.3, -0.25) is 14.4 Å². The third kappa shape index (κ3) is 4.46. The maximum Gasteiger partial charge on any atom is 0.311 e. The number of carbonyl (C=O) groups is 3. The average molecular weight is 421 g/mol. The second kappa shape index (κ2) is 8.63. The molecule has 1 aliphatic heterocycles. The molecule has 6 nitrogen and oxygen atoms in total. The molecule has 3 rings (SSSR count). The van der Waals surface area contributed by atoms with Gasteiger partial charge in [-0.2, -0.15) is 0 Å². The molecule has 0 bridgehead atoms. The van der Waals surface area contributed by atoms with E-state index in [2.05, 4.69) is 5.32 Å². The molecule has 0 radical (unpaired) electrons. The Balaban J connectivity index is 1.57. The van der Waals surface area contributed by atoms with Gasteiger partial charge in [-0.25, -0.2) is 0 Å². The lowest BCUT2D eigenvalue weighted by atomic mass is 10.1. The van der Waals surface area contributed by atoms with Crippen molar-refractivity contribution in [1.29, 1.82) is 0 Å². The quantitative estimate of drug-likeness (QED) is 0.745. The molecular weight excluding hydrogens is 403 g/mol. The van der Waals surface area contributed by atoms with Crippen LogP contribution >= 0.6 is 23.2 Å². The number of amides is 2. The van der Waals surface area contributed by atoms with Crippen molar-refractivity contribution in [2.45, 2.75) is 13.3 Å². The molecule has 2 amide bonds. The normalized spacial score (nSPS) is 16.2. The number of para-hydroxylation sites is 1. The van der Waals surface area contributed by atoms with Gasteiger partial charge in [0.2, 0.25) is 5.91 Å². The predicted molar refractivity (Wildman–Crippen MR) is 108 cm³/mol. The molecule has 1 heterocycles. The third-order valence-corrected chi connectivity index (χ3v) is 5.25. The van der Waals surface area contributed by atoms with Gasteiger partial charge in [0.05, 0.1) is 21.7 Å². The second-order valence-corrected chi connectivity index (χ2v) is 7.23. The van der Waals surface area contributed by atoms with Crippen LogP contribution in [0.4, 0.5) is 11.4 Å². The maximum atomic E-state index is 12.3. The van der Waals surface area contributed by atoms with E-state index in [1.807, 2.05) is 19.1 Å². The lowest BCUT2D eigenvalue weighted by Crippen LogP contribution is -2.28. The summed E-state index contributed by atoms with van der Waals surface area (Å²) >= 11 is 12.2. The van der Waals surface area contributed by atoms with Crippen LogP contribution < -0.4 is 10.2 Å². The number of hydrogen-bond donors (Lipinski definition) is 1. The highest BCUT2D eigenvalue weighted by atomic mass is 35.5. The number of esters is 1. The first-order valence-corrected chi connectivity index (χ1v) is 9.39. The van der Waals surface area contributed by atoms with Crippen molar-refractivity contribution < 1.29 is 19.1 Å². The van der Waals surface area contributed by atoms with Crippen molar-refractivity contribution in [2.75, 3.05) is 23.4 Å². The number of hydrogen-bond acceptors (Lipinski definition) is 4. The molecule has 0 aromatic heterocycles. The smallest absolute Gasteiger partial charge is 0.311 e. The summed E-state index contributed by atoms with van der Waals surface area (Å²) in [6.45, 7) is 1.56. The summed E-state index contributed by atoms with van der Waals surface area (Å²) in [6, 6.07) is 12.2. The summed E-state index contributed by atoms with van der Waals surface area (Å²) in [7, 11) is 0. The number of halogens is 2. The molecule has 2 aromatic carbocycles. The molecule has 0 saturated carbocycles. The van der Waals surface area contributed by atoms with Gasteiger partial charge >= 0.3 is 5.97 Å². The summed E-state index contributed by atoms with van der Waals surface area (Å²) < 4.78 is 5.10. The number of nitrogens with one attached hydrogen (secondary N) is 1. The molecule has 28 heavy (non-hydrogen) atoms. The topological polar surface area (TPSA) is 75.7 Å². The standard InChI is InChI=1S/C20H18Cl2N2O4/c1-12-5-2-3-7-15(12)23-17(25)11-28-20(27)13-9-18(26)24(10-13)16-8-4-6-14(21)19(16)22/h2-8,13H,9-11H2,1H3,(H,23,25)/t13-/m0/s1. The van der Waals surface area contributed by atoms with E-state index >= 15 is 0 Å². The first-order valence-electron chi connectivity index (χ1n) is 8.63. The molecule has 1 saturated heterocycles. The van der Waals surface area contributed by atoms with E-state index in [-0.39, 0.29) is 23.9 Å². The average Bonchev–Trinajstić information content (AvgIpc) is 3.05. The molecule has 0 unspecified atom stereocenters. The molecule has 0 aliphatic carbocycles. The number of ether oxygens (including phenoxy) is 1. The van der Waals surface area contributed by atoms with Crippen LogP contribution in [0.3, 0.4) is 0 Å². The summed E-state index contributed by atoms with van der Waals surface area (Å²) in [5.74, 6) is -1.97. The van der Waals surface area contributed by atoms with E-state index in [1.54, 1.807) is 30.3 Å². The Kier molecular flexibility index (Phi) is 6.21. The molecule has 146 valence electrons. The van der Waals surface area contributed by atoms with Crippen molar-refractivity contribution in [3.8, 4) is 0 Å². The van der Waals surface area contributed by atoms with Crippen LogP contribution in [0.25, 0.3) is 0 Å². The Morgan fingerprint density at radius 1 is 1.18 bits per heavy atom. The van der Waals surface area contributed by atoms with Crippen molar-refractivity contribution in [2.24, 2.45) is 5.92 Å². The fourth-order valence-corrected chi connectivity index (χ4v) is 3.35. The van der Waals surface area contributed by atoms with Gasteiger partial charge in [0.15, 0.2) is 6.61 Å². The maximum absolute atomic E-state index is 12.3. The molecule has 1 atom stereocenters. The van der Waals surface area contributed by atoms with Crippen molar-refractivity contribution in [3.63, 3.8) is 0 Å². The first kappa shape index (κ1) is 20.2. The van der Waals surface area contributed by atoms with E-state index in [0.717, 1.165) is 5.56 Å². The van der Waals surface area contributed by atoms with E-state index in [1.165, 1.54) is 4.90 Å². The Bertz CT molecular complexity index is 932. The highest BCUT2D eigenvalue weighted by molar-refractivity contribution is 6.44. The lowest BCUT2D eigenvalue weighted by molar-refractivity contribution is -0.151. The molecule has 1 N–H and O–H groups in total. The van der Waals surface area contributed by atoms with Crippen molar-refractivity contribution in [3.05, 3.63) is 58.1 Å². The van der Waals surface area contributed by atoms with Crippen LogP contribution in [0.2, 0.25) is 10.0 Å². The number of anilines is 2. The van der Waals surface area contributed by atoms with E-state index < -0.39 is 24.4 Å². The molecule has 1 fully saturated rings. The minimum atomic E-state index is -0.672. The molecule has 8 heteroatoms. The van der Waals surface area contributed by atoms with Gasteiger partial charge in [0.1, 0.15) is 0 Å². The minimum absolute atomic E-state index is 0.0128. The Hall–Kier alpha value is -2.57. The number of benzene rings is 2. The van der Waals surface area contributed by atoms with Gasteiger partial charge in [-0.15, -0.1) is 0 Å². The van der Waals surface area contributed by atoms with Crippen LogP contribution in [-0.4, -0.2) is 30.9 Å². The van der Waals surface area contributed by atoms with Crippen LogP contribution in [0.1, 0.15) is 12.0 Å². The summed E-state index contributed by atoms with van der Waals surface area (Å²) in [5.41, 5.74) is 2.01. The van der Waals surface area contributed by atoms with Crippen molar-refractivity contribution in [1.82, 2.24) is 0 Å². The summed E-state index contributed by atoms with van der Waals surface area (Å²) in [4.78, 5) is 38.0. The number of carbonyl (C=O) groups excluding carboxylic acids is 3. The molecular formula is C20H18Cl2N2O4. The molecule has 0 spiro atoms. The van der Waals surface area contributed by atoms with Crippen molar-refractivity contribution >= 4 is 52.4 Å². The largest absolute Gasteiger partial charge is 0.455 e. The second-order valence-electron chi connectivity index (χ2n) is 6.45. The minimum Gasteiger partial charge on any atom is -0.455 e. The Morgan fingerprint density at radius 2 is 1.93 bits per heavy atom. The Morgan fingerprint density at radius 3 is 2.68 bits per heavy atom. The highest BCUT2D eigenvalue weighted by Gasteiger charge is 2.37. The van der Waals surface area contributed by atoms with Crippen LogP contribution in [0, 0.1) is 12.8 Å².